The molecule has 1 amide bonds. The molecule has 2 unspecified atom stereocenters. The van der Waals surface area contributed by atoms with Crippen LogP contribution in [0.3, 0.4) is 0 Å². The molecule has 2 atom stereocenters. The van der Waals surface area contributed by atoms with E-state index in [1.807, 2.05) is 48.5 Å². The van der Waals surface area contributed by atoms with E-state index in [-0.39, 0.29) is 18.0 Å². The van der Waals surface area contributed by atoms with E-state index in [1.54, 1.807) is 0 Å². The monoisotopic (exact) mass is 1210 g/mol. The van der Waals surface area contributed by atoms with E-state index in [2.05, 4.69) is 110 Å². The molecule has 0 aliphatic carbocycles. The van der Waals surface area contributed by atoms with Crippen LogP contribution in [0.1, 0.15) is 48.1 Å². The van der Waals surface area contributed by atoms with Crippen molar-refractivity contribution in [2.75, 3.05) is 107 Å². The van der Waals surface area contributed by atoms with E-state index in [4.69, 9.17) is 45.3 Å². The molecule has 2 N–H and O–H groups in total. The Kier molecular flexibility index (Phi) is 17.8. The van der Waals surface area contributed by atoms with Crippen LogP contribution >= 0.6 is 66.1 Å². The Bertz CT molecular complexity index is 2720. The maximum absolute atomic E-state index is 12.7. The summed E-state index contributed by atoms with van der Waals surface area (Å²) < 4.78 is 32.6. The molecular formula is C52H56Br2ClIN8O6. The van der Waals surface area contributed by atoms with Gasteiger partial charge in [0.05, 0.1) is 71.7 Å². The predicted molar refractivity (Wildman–Crippen MR) is 290 cm³/mol. The molecule has 5 aromatic rings. The minimum Gasteiger partial charge on any atom is -0.489 e. The van der Waals surface area contributed by atoms with Crippen molar-refractivity contribution in [2.45, 2.75) is 50.7 Å². The number of rotatable bonds is 21. The minimum absolute atomic E-state index is 0.0833. The summed E-state index contributed by atoms with van der Waals surface area (Å²) in [5.74, 6) is 1.48. The molecule has 9 rings (SSSR count). The summed E-state index contributed by atoms with van der Waals surface area (Å²) >= 11 is 16.3. The van der Waals surface area contributed by atoms with Gasteiger partial charge in [0.15, 0.2) is 0 Å². The third-order valence-electron chi connectivity index (χ3n) is 13.0. The Labute approximate surface area is 444 Å². The third-order valence-corrected chi connectivity index (χ3v) is 15.2. The maximum atomic E-state index is 12.7. The Morgan fingerprint density at radius 3 is 2.47 bits per heavy atom. The van der Waals surface area contributed by atoms with Crippen molar-refractivity contribution in [1.29, 1.82) is 5.26 Å². The van der Waals surface area contributed by atoms with Gasteiger partial charge in [0, 0.05) is 88.4 Å². The summed E-state index contributed by atoms with van der Waals surface area (Å²) in [5, 5.41) is 18.8. The molecule has 4 aromatic carbocycles. The standard InChI is InChI=1S/C52H56Br2ClIN8O6/c53-42-28-34(27-41-40-30-36(56)10-11-45(40)59-51(41)65)29-43(54)49(42)69-26-25-68-24-23-67-22-21-66-20-4-17-62-16-3-7-38(62)33-70-52-60-46-32-63(47-9-2-6-35-5-1-8-44(55)48(35)47)18-13-39(46)50(61-52)64-19-15-58-37(31-64)12-14-57/h1-2,5-6,8-11,27-30,37-38,58H,3-4,7,12-13,15-26,31-33H2,(H,59,65). The predicted octanol–water partition coefficient (Wildman–Crippen LogP) is 9.52. The Morgan fingerprint density at radius 1 is 0.900 bits per heavy atom. The fourth-order valence-electron chi connectivity index (χ4n) is 9.66. The smallest absolute Gasteiger partial charge is 0.318 e. The first-order chi connectivity index (χ1) is 34.2. The first-order valence-electron chi connectivity index (χ1n) is 23.9. The molecule has 1 aromatic heterocycles. The number of carbonyl (C=O) groups excluding carboxylic acids is 1. The van der Waals surface area contributed by atoms with Gasteiger partial charge in [-0.25, -0.2) is 0 Å². The average Bonchev–Trinajstić information content (AvgIpc) is 3.94. The van der Waals surface area contributed by atoms with Gasteiger partial charge in [-0.3, -0.25) is 9.69 Å². The van der Waals surface area contributed by atoms with E-state index in [0.717, 1.165) is 126 Å². The quantitative estimate of drug-likeness (QED) is 0.0409. The van der Waals surface area contributed by atoms with Crippen LogP contribution in [0.2, 0.25) is 5.02 Å². The SMILES string of the molecule is N#CCC1CN(c2nc(OCC3CCCN3CCCOCCOCCOCCOc3c(Br)cc(C=C4C(=O)Nc5ccc(I)cc54)cc3Br)nc3c2CCN(c2cccc4cccc(Cl)c24)C3)CCN1. The summed E-state index contributed by atoms with van der Waals surface area (Å²) in [5.41, 5.74) is 6.45. The molecule has 0 spiro atoms. The van der Waals surface area contributed by atoms with Crippen molar-refractivity contribution < 1.29 is 28.5 Å². The first-order valence-corrected chi connectivity index (χ1v) is 27.0. The Morgan fingerprint density at radius 2 is 1.67 bits per heavy atom. The van der Waals surface area contributed by atoms with E-state index >= 15 is 0 Å². The molecule has 4 aliphatic rings. The number of carbonyl (C=O) groups is 1. The lowest BCUT2D eigenvalue weighted by molar-refractivity contribution is -0.110. The number of halogens is 4. The summed E-state index contributed by atoms with van der Waals surface area (Å²) in [7, 11) is 0. The van der Waals surface area contributed by atoms with Crippen molar-refractivity contribution in [3.63, 3.8) is 0 Å². The van der Waals surface area contributed by atoms with Crippen LogP contribution in [0.25, 0.3) is 22.4 Å². The highest BCUT2D eigenvalue weighted by atomic mass is 127. The van der Waals surface area contributed by atoms with Gasteiger partial charge in [0.25, 0.3) is 5.91 Å². The lowest BCUT2D eigenvalue weighted by Gasteiger charge is -2.37. The van der Waals surface area contributed by atoms with E-state index in [0.29, 0.717) is 89.7 Å². The molecule has 70 heavy (non-hydrogen) atoms. The molecule has 0 bridgehead atoms. The van der Waals surface area contributed by atoms with Crippen molar-refractivity contribution in [3.8, 4) is 17.8 Å². The number of fused-ring (bicyclic) bond motifs is 3. The number of likely N-dealkylation sites (tertiary alicyclic amines) is 1. The number of nitrogens with one attached hydrogen (secondary N) is 2. The Hall–Kier alpha value is -4.10. The van der Waals surface area contributed by atoms with Crippen LogP contribution in [-0.4, -0.2) is 125 Å². The number of nitriles is 1. The highest BCUT2D eigenvalue weighted by Crippen LogP contribution is 2.40. The fourth-order valence-corrected chi connectivity index (χ4v) is 11.9. The van der Waals surface area contributed by atoms with E-state index in [9.17, 15) is 10.1 Å². The number of amides is 1. The fraction of sp³-hybridized carbons (Fsp3) is 0.423. The Balaban J connectivity index is 0.685. The van der Waals surface area contributed by atoms with Crippen LogP contribution in [0.4, 0.5) is 17.2 Å². The van der Waals surface area contributed by atoms with Gasteiger partial charge >= 0.3 is 6.01 Å². The van der Waals surface area contributed by atoms with Crippen LogP contribution in [0.5, 0.6) is 11.8 Å². The van der Waals surface area contributed by atoms with E-state index < -0.39 is 0 Å². The summed E-state index contributed by atoms with van der Waals surface area (Å²) in [6.07, 6.45) is 6.22. The van der Waals surface area contributed by atoms with Crippen molar-refractivity contribution in [3.05, 3.63) is 107 Å². The number of piperazine rings is 1. The normalized spacial score (nSPS) is 18.6. The number of nitrogens with zero attached hydrogens (tertiary/aromatic N) is 6. The zero-order chi connectivity index (χ0) is 48.4. The number of anilines is 3. The second kappa shape index (κ2) is 24.5. The summed E-state index contributed by atoms with van der Waals surface area (Å²) in [6, 6.07) is 25.3. The number of aromatic nitrogens is 2. The lowest BCUT2D eigenvalue weighted by atomic mass is 10.0. The summed E-state index contributed by atoms with van der Waals surface area (Å²) in [6.45, 7) is 9.58. The zero-order valence-corrected chi connectivity index (χ0v) is 45.0. The van der Waals surface area contributed by atoms with Gasteiger partial charge in [0.1, 0.15) is 24.8 Å². The molecular weight excluding hydrogens is 1150 g/mol. The van der Waals surface area contributed by atoms with Crippen LogP contribution < -0.4 is 29.9 Å². The largest absolute Gasteiger partial charge is 0.489 e. The van der Waals surface area contributed by atoms with Gasteiger partial charge in [-0.1, -0.05) is 35.9 Å². The number of hydrogen-bond acceptors (Lipinski definition) is 13. The van der Waals surface area contributed by atoms with E-state index in [1.165, 1.54) is 0 Å². The molecule has 0 radical (unpaired) electrons. The second-order valence-electron chi connectivity index (χ2n) is 17.7. The van der Waals surface area contributed by atoms with Crippen molar-refractivity contribution >= 4 is 112 Å². The highest BCUT2D eigenvalue weighted by molar-refractivity contribution is 14.1. The van der Waals surface area contributed by atoms with Gasteiger partial charge in [-0.15, -0.1) is 0 Å². The molecule has 5 heterocycles. The van der Waals surface area contributed by atoms with Crippen molar-refractivity contribution in [1.82, 2.24) is 20.2 Å². The summed E-state index contributed by atoms with van der Waals surface area (Å²) in [4.78, 5) is 30.0. The molecule has 368 valence electrons. The second-order valence-corrected chi connectivity index (χ2v) is 21.1. The van der Waals surface area contributed by atoms with Gasteiger partial charge in [0.2, 0.25) is 0 Å². The molecule has 18 heteroatoms. The number of benzene rings is 4. The number of hydrogen-bond donors (Lipinski definition) is 2. The molecule has 14 nitrogen and oxygen atoms in total. The first kappa shape index (κ1) is 50.8. The van der Waals surface area contributed by atoms with Gasteiger partial charge < -0.3 is 44.1 Å². The molecule has 0 saturated carbocycles. The topological polar surface area (TPSA) is 147 Å². The molecule has 4 aliphatic heterocycles. The zero-order valence-electron chi connectivity index (χ0n) is 38.9. The van der Waals surface area contributed by atoms with Gasteiger partial charge in [-0.05, 0) is 146 Å². The van der Waals surface area contributed by atoms with Crippen LogP contribution in [0.15, 0.2) is 75.7 Å². The van der Waals surface area contributed by atoms with Crippen LogP contribution in [-0.2, 0) is 32.0 Å². The minimum atomic E-state index is -0.116. The highest BCUT2D eigenvalue weighted by Gasteiger charge is 2.31. The van der Waals surface area contributed by atoms with Crippen LogP contribution in [0, 0.1) is 14.9 Å². The maximum Gasteiger partial charge on any atom is 0.318 e. The average molecular weight is 1210 g/mol. The third kappa shape index (κ3) is 12.6. The molecule has 2 saturated heterocycles. The van der Waals surface area contributed by atoms with Gasteiger partial charge in [-0.2, -0.15) is 15.2 Å². The van der Waals surface area contributed by atoms with Crippen molar-refractivity contribution in [2.24, 2.45) is 0 Å². The number of ether oxygens (including phenoxy) is 5. The molecule has 2 fully saturated rings. The lowest BCUT2D eigenvalue weighted by Crippen LogP contribution is -2.51.